The van der Waals surface area contributed by atoms with Gasteiger partial charge in [0, 0.05) is 12.6 Å². The molecule has 1 aromatic carbocycles. The van der Waals surface area contributed by atoms with E-state index >= 15 is 0 Å². The van der Waals surface area contributed by atoms with Gasteiger partial charge in [-0.25, -0.2) is 4.39 Å². The van der Waals surface area contributed by atoms with Crippen molar-refractivity contribution in [2.75, 3.05) is 19.0 Å². The van der Waals surface area contributed by atoms with Gasteiger partial charge in [-0.05, 0) is 25.0 Å². The summed E-state index contributed by atoms with van der Waals surface area (Å²) >= 11 is 0. The van der Waals surface area contributed by atoms with Gasteiger partial charge in [0.2, 0.25) is 0 Å². The second-order valence-corrected chi connectivity index (χ2v) is 5.34. The Kier molecular flexibility index (Phi) is 4.64. The van der Waals surface area contributed by atoms with Gasteiger partial charge in [0.25, 0.3) is 0 Å². The summed E-state index contributed by atoms with van der Waals surface area (Å²) < 4.78 is 18.2. The van der Waals surface area contributed by atoms with Crippen molar-refractivity contribution in [3.8, 4) is 5.75 Å². The van der Waals surface area contributed by atoms with Crippen molar-refractivity contribution in [2.45, 2.75) is 44.1 Å². The van der Waals surface area contributed by atoms with Crippen LogP contribution in [0.5, 0.6) is 5.75 Å². The number of anilines is 1. The first kappa shape index (κ1) is 14.1. The van der Waals surface area contributed by atoms with E-state index in [9.17, 15) is 9.50 Å². The van der Waals surface area contributed by atoms with Crippen LogP contribution in [0.15, 0.2) is 18.2 Å². The minimum absolute atomic E-state index is 0.324. The van der Waals surface area contributed by atoms with Crippen LogP contribution in [0.3, 0.4) is 0 Å². The highest BCUT2D eigenvalue weighted by Crippen LogP contribution is 2.30. The topological polar surface area (TPSA) is 41.5 Å². The van der Waals surface area contributed by atoms with E-state index in [1.54, 1.807) is 6.07 Å². The quantitative estimate of drug-likeness (QED) is 0.822. The molecule has 0 unspecified atom stereocenters. The molecule has 1 fully saturated rings. The molecule has 0 radical (unpaired) electrons. The Bertz CT molecular complexity index is 415. The molecule has 3 nitrogen and oxygen atoms in total. The summed E-state index contributed by atoms with van der Waals surface area (Å²) in [4.78, 5) is 0. The molecular weight excluding hydrogens is 245 g/mol. The number of methoxy groups -OCH3 is 1. The number of hydrogen-bond acceptors (Lipinski definition) is 3. The lowest BCUT2D eigenvalue weighted by Gasteiger charge is -2.27. The van der Waals surface area contributed by atoms with E-state index in [0.29, 0.717) is 12.3 Å². The highest BCUT2D eigenvalue weighted by Gasteiger charge is 2.27. The Morgan fingerprint density at radius 2 is 1.95 bits per heavy atom. The highest BCUT2D eigenvalue weighted by atomic mass is 19.1. The molecule has 2 N–H and O–H groups in total. The molecule has 0 heterocycles. The fraction of sp³-hybridized carbons (Fsp3) is 0.600. The van der Waals surface area contributed by atoms with E-state index in [4.69, 9.17) is 4.74 Å². The van der Waals surface area contributed by atoms with Gasteiger partial charge in [0.15, 0.2) is 0 Å². The summed E-state index contributed by atoms with van der Waals surface area (Å²) in [6.45, 7) is 0.481. The van der Waals surface area contributed by atoms with Crippen LogP contribution in [0.25, 0.3) is 0 Å². The zero-order chi connectivity index (χ0) is 13.7. The van der Waals surface area contributed by atoms with Crippen molar-refractivity contribution >= 4 is 5.69 Å². The van der Waals surface area contributed by atoms with Crippen LogP contribution in [-0.4, -0.2) is 24.4 Å². The molecule has 4 heteroatoms. The maximum absolute atomic E-state index is 13.1. The van der Waals surface area contributed by atoms with Crippen molar-refractivity contribution < 1.29 is 14.2 Å². The number of aliphatic hydroxyl groups is 1. The fourth-order valence-electron chi connectivity index (χ4n) is 2.63. The van der Waals surface area contributed by atoms with E-state index in [-0.39, 0.29) is 5.82 Å². The summed E-state index contributed by atoms with van der Waals surface area (Å²) in [5.74, 6) is 0.146. The molecule has 0 aliphatic heterocycles. The van der Waals surface area contributed by atoms with Crippen LogP contribution in [0.4, 0.5) is 10.1 Å². The monoisotopic (exact) mass is 267 g/mol. The minimum atomic E-state index is -0.657. The molecule has 0 atom stereocenters. The molecule has 1 aliphatic rings. The third kappa shape index (κ3) is 3.83. The summed E-state index contributed by atoms with van der Waals surface area (Å²) in [7, 11) is 1.51. The van der Waals surface area contributed by atoms with Gasteiger partial charge in [0.05, 0.1) is 18.4 Å². The van der Waals surface area contributed by atoms with Crippen molar-refractivity contribution in [3.05, 3.63) is 24.0 Å². The van der Waals surface area contributed by atoms with E-state index in [0.717, 1.165) is 31.4 Å². The van der Waals surface area contributed by atoms with Crippen LogP contribution in [-0.2, 0) is 0 Å². The minimum Gasteiger partial charge on any atom is -0.494 e. The van der Waals surface area contributed by atoms with Crippen molar-refractivity contribution in [1.29, 1.82) is 0 Å². The Labute approximate surface area is 113 Å². The second kappa shape index (κ2) is 6.24. The lowest BCUT2D eigenvalue weighted by molar-refractivity contribution is 0.0381. The third-order valence-corrected chi connectivity index (χ3v) is 3.81. The summed E-state index contributed by atoms with van der Waals surface area (Å²) in [5.41, 5.74) is 0.0668. The molecule has 1 aromatic rings. The van der Waals surface area contributed by atoms with Gasteiger partial charge in [-0.15, -0.1) is 0 Å². The molecule has 19 heavy (non-hydrogen) atoms. The first-order chi connectivity index (χ1) is 9.13. The summed E-state index contributed by atoms with van der Waals surface area (Å²) in [6, 6.07) is 4.38. The largest absolute Gasteiger partial charge is 0.494 e. The van der Waals surface area contributed by atoms with E-state index < -0.39 is 5.60 Å². The van der Waals surface area contributed by atoms with E-state index in [2.05, 4.69) is 5.32 Å². The Morgan fingerprint density at radius 1 is 1.26 bits per heavy atom. The number of hydrogen-bond donors (Lipinski definition) is 2. The lowest BCUT2D eigenvalue weighted by Crippen LogP contribution is -2.36. The lowest BCUT2D eigenvalue weighted by atomic mass is 9.94. The highest BCUT2D eigenvalue weighted by molar-refractivity contribution is 5.56. The average molecular weight is 267 g/mol. The maximum atomic E-state index is 13.1. The number of ether oxygens (including phenoxy) is 1. The molecule has 0 aromatic heterocycles. The zero-order valence-electron chi connectivity index (χ0n) is 11.4. The maximum Gasteiger partial charge on any atom is 0.144 e. The van der Waals surface area contributed by atoms with Crippen LogP contribution in [0.2, 0.25) is 0 Å². The van der Waals surface area contributed by atoms with Crippen molar-refractivity contribution in [2.24, 2.45) is 0 Å². The Balaban J connectivity index is 2.01. The van der Waals surface area contributed by atoms with Gasteiger partial charge >= 0.3 is 0 Å². The Hall–Kier alpha value is -1.29. The normalized spacial score (nSPS) is 18.7. The third-order valence-electron chi connectivity index (χ3n) is 3.81. The molecule has 0 bridgehead atoms. The summed E-state index contributed by atoms with van der Waals surface area (Å²) in [6.07, 6.45) is 6.18. The molecule has 0 amide bonds. The first-order valence-corrected chi connectivity index (χ1v) is 6.93. The standard InChI is InChI=1S/C15H22FNO2/c1-19-14-10-12(16)6-7-13(14)17-11-15(18)8-4-2-3-5-9-15/h6-7,10,17-18H,2-5,8-9,11H2,1H3. The first-order valence-electron chi connectivity index (χ1n) is 6.93. The van der Waals surface area contributed by atoms with Gasteiger partial charge in [-0.3, -0.25) is 0 Å². The smallest absolute Gasteiger partial charge is 0.144 e. The van der Waals surface area contributed by atoms with Gasteiger partial charge in [-0.2, -0.15) is 0 Å². The van der Waals surface area contributed by atoms with Crippen LogP contribution < -0.4 is 10.1 Å². The van der Waals surface area contributed by atoms with Crippen molar-refractivity contribution in [1.82, 2.24) is 0 Å². The van der Waals surface area contributed by atoms with E-state index in [1.807, 2.05) is 0 Å². The van der Waals surface area contributed by atoms with Gasteiger partial charge in [0.1, 0.15) is 11.6 Å². The van der Waals surface area contributed by atoms with Gasteiger partial charge < -0.3 is 15.2 Å². The average Bonchev–Trinajstić information content (AvgIpc) is 2.62. The summed E-state index contributed by atoms with van der Waals surface area (Å²) in [5, 5.41) is 13.7. The SMILES string of the molecule is COc1cc(F)ccc1NCC1(O)CCCCCC1. The van der Waals surface area contributed by atoms with Gasteiger partial charge in [-0.1, -0.05) is 25.7 Å². The van der Waals surface area contributed by atoms with Crippen molar-refractivity contribution in [3.63, 3.8) is 0 Å². The number of nitrogens with one attached hydrogen (secondary N) is 1. The molecule has 1 saturated carbocycles. The molecule has 0 saturated heterocycles. The van der Waals surface area contributed by atoms with Crippen LogP contribution in [0.1, 0.15) is 38.5 Å². The zero-order valence-corrected chi connectivity index (χ0v) is 11.4. The molecule has 0 spiro atoms. The number of benzene rings is 1. The number of halogens is 1. The fourth-order valence-corrected chi connectivity index (χ4v) is 2.63. The van der Waals surface area contributed by atoms with Crippen LogP contribution >= 0.6 is 0 Å². The number of rotatable bonds is 4. The predicted octanol–water partition coefficient (Wildman–Crippen LogP) is 3.33. The second-order valence-electron chi connectivity index (χ2n) is 5.34. The molecular formula is C15H22FNO2. The predicted molar refractivity (Wildman–Crippen MR) is 74.1 cm³/mol. The molecule has 2 rings (SSSR count). The molecule has 106 valence electrons. The Morgan fingerprint density at radius 3 is 2.58 bits per heavy atom. The van der Waals surface area contributed by atoms with Crippen LogP contribution in [0, 0.1) is 5.82 Å². The molecule has 1 aliphatic carbocycles. The van der Waals surface area contributed by atoms with E-state index in [1.165, 1.54) is 32.1 Å².